The van der Waals surface area contributed by atoms with Crippen molar-refractivity contribution in [1.29, 1.82) is 0 Å². The molecule has 0 spiro atoms. The zero-order chi connectivity index (χ0) is 20.9. The summed E-state index contributed by atoms with van der Waals surface area (Å²) < 4.78 is 28.0. The van der Waals surface area contributed by atoms with Crippen LogP contribution in [0.5, 0.6) is 0 Å². The van der Waals surface area contributed by atoms with Gasteiger partial charge in [-0.3, -0.25) is 9.59 Å². The first-order chi connectivity index (χ1) is 14.4. The molecule has 2 aliphatic rings. The number of amides is 2. The lowest BCUT2D eigenvalue weighted by Crippen LogP contribution is -2.32. The van der Waals surface area contributed by atoms with Crippen LogP contribution in [0.2, 0.25) is 0 Å². The summed E-state index contributed by atoms with van der Waals surface area (Å²) in [5.41, 5.74) is 1.12. The average Bonchev–Trinajstić information content (AvgIpc) is 3.36. The minimum Gasteiger partial charge on any atom is -0.348 e. The van der Waals surface area contributed by atoms with E-state index in [1.54, 1.807) is 41.5 Å². The van der Waals surface area contributed by atoms with Crippen LogP contribution < -0.4 is 5.32 Å². The van der Waals surface area contributed by atoms with Gasteiger partial charge in [0, 0.05) is 36.7 Å². The first-order valence-corrected chi connectivity index (χ1v) is 10.8. The fourth-order valence-electron chi connectivity index (χ4n) is 3.44. The highest BCUT2D eigenvalue weighted by atomic mass is 32.2. The van der Waals surface area contributed by atoms with Gasteiger partial charge in [-0.25, -0.2) is 22.4 Å². The second kappa shape index (κ2) is 6.77. The molecule has 5 rings (SSSR count). The predicted molar refractivity (Wildman–Crippen MR) is 105 cm³/mol. The molecule has 0 saturated heterocycles. The van der Waals surface area contributed by atoms with Crippen LogP contribution in [0.1, 0.15) is 39.1 Å². The number of nitrogens with zero attached hydrogens (tertiary/aromatic N) is 4. The summed E-state index contributed by atoms with van der Waals surface area (Å²) in [6.07, 6.45) is 6.39. The fourth-order valence-corrected chi connectivity index (χ4v) is 5.28. The number of sulfonamides is 1. The van der Waals surface area contributed by atoms with Crippen molar-refractivity contribution in [2.75, 3.05) is 0 Å². The molecule has 1 aliphatic carbocycles. The zero-order valence-corrected chi connectivity index (χ0v) is 16.5. The molecule has 1 N–H and O–H groups in total. The van der Waals surface area contributed by atoms with Crippen LogP contribution >= 0.6 is 0 Å². The molecular formula is C20H17N5O4S. The molecule has 1 fully saturated rings. The van der Waals surface area contributed by atoms with Crippen molar-refractivity contribution in [2.45, 2.75) is 30.3 Å². The number of fused-ring (bicyclic) bond motifs is 1. The van der Waals surface area contributed by atoms with Gasteiger partial charge in [-0.2, -0.15) is 5.10 Å². The number of pyridine rings is 1. The van der Waals surface area contributed by atoms with Gasteiger partial charge < -0.3 is 5.32 Å². The first kappa shape index (κ1) is 18.5. The van der Waals surface area contributed by atoms with Crippen LogP contribution in [0.3, 0.4) is 0 Å². The van der Waals surface area contributed by atoms with Gasteiger partial charge >= 0.3 is 0 Å². The molecule has 1 aliphatic heterocycles. The number of carbonyl (C=O) groups excluding carboxylic acids is 2. The van der Waals surface area contributed by atoms with Crippen LogP contribution in [0.4, 0.5) is 0 Å². The molecule has 1 saturated carbocycles. The first-order valence-electron chi connectivity index (χ1n) is 9.41. The molecule has 30 heavy (non-hydrogen) atoms. The van der Waals surface area contributed by atoms with Gasteiger partial charge in [-0.1, -0.05) is 0 Å². The monoisotopic (exact) mass is 423 g/mol. The Morgan fingerprint density at radius 2 is 2.00 bits per heavy atom. The van der Waals surface area contributed by atoms with Crippen molar-refractivity contribution in [2.24, 2.45) is 0 Å². The van der Waals surface area contributed by atoms with Gasteiger partial charge in [0.1, 0.15) is 4.90 Å². The van der Waals surface area contributed by atoms with E-state index in [9.17, 15) is 18.0 Å². The molecule has 0 bridgehead atoms. The Morgan fingerprint density at radius 3 is 2.73 bits per heavy atom. The zero-order valence-electron chi connectivity index (χ0n) is 15.7. The Labute approximate surface area is 172 Å². The minimum absolute atomic E-state index is 0.100. The standard InChI is InChI=1S/C20H17N5O4S/c26-19(22-12-13-6-8-21-18(10-13)24-9-1-7-23-24)14-2-5-16-17(11-14)30(28,29)25(20(16)27)15-3-4-15/h1-2,5-11,15H,3-4,12H2,(H,22,26). The lowest BCUT2D eigenvalue weighted by molar-refractivity contribution is 0.0863. The number of aromatic nitrogens is 3. The molecule has 0 unspecified atom stereocenters. The van der Waals surface area contributed by atoms with Crippen molar-refractivity contribution in [3.05, 3.63) is 71.7 Å². The Bertz CT molecular complexity index is 1270. The van der Waals surface area contributed by atoms with Gasteiger partial charge in [-0.05, 0) is 54.8 Å². The number of benzene rings is 1. The molecule has 2 aromatic heterocycles. The fraction of sp³-hybridized carbons (Fsp3) is 0.200. The van der Waals surface area contributed by atoms with Crippen LogP contribution in [-0.2, 0) is 16.6 Å². The third kappa shape index (κ3) is 3.05. The largest absolute Gasteiger partial charge is 0.348 e. The predicted octanol–water partition coefficient (Wildman–Crippen LogP) is 1.50. The summed E-state index contributed by atoms with van der Waals surface area (Å²) in [5.74, 6) is -0.320. The molecule has 2 amide bonds. The molecule has 152 valence electrons. The van der Waals surface area contributed by atoms with E-state index in [0.717, 1.165) is 9.87 Å². The Hall–Kier alpha value is -3.53. The maximum Gasteiger partial charge on any atom is 0.269 e. The van der Waals surface area contributed by atoms with Gasteiger partial charge in [-0.15, -0.1) is 0 Å². The normalized spacial score (nSPS) is 17.1. The van der Waals surface area contributed by atoms with Crippen molar-refractivity contribution in [3.63, 3.8) is 0 Å². The average molecular weight is 423 g/mol. The quantitative estimate of drug-likeness (QED) is 0.665. The lowest BCUT2D eigenvalue weighted by Gasteiger charge is -2.13. The van der Waals surface area contributed by atoms with E-state index in [-0.39, 0.29) is 28.6 Å². The smallest absolute Gasteiger partial charge is 0.269 e. The van der Waals surface area contributed by atoms with E-state index in [4.69, 9.17) is 0 Å². The van der Waals surface area contributed by atoms with E-state index in [2.05, 4.69) is 15.4 Å². The number of rotatable bonds is 5. The number of hydrogen-bond donors (Lipinski definition) is 1. The highest BCUT2D eigenvalue weighted by Crippen LogP contribution is 2.39. The number of nitrogens with one attached hydrogen (secondary N) is 1. The maximum absolute atomic E-state index is 12.7. The van der Waals surface area contributed by atoms with Gasteiger partial charge in [0.05, 0.1) is 5.56 Å². The Kier molecular flexibility index (Phi) is 4.17. The molecule has 0 radical (unpaired) electrons. The van der Waals surface area contributed by atoms with Gasteiger partial charge in [0.2, 0.25) is 0 Å². The van der Waals surface area contributed by atoms with Crippen LogP contribution in [0, 0.1) is 0 Å². The maximum atomic E-state index is 12.7. The second-order valence-corrected chi connectivity index (χ2v) is 8.99. The summed E-state index contributed by atoms with van der Waals surface area (Å²) >= 11 is 0. The summed E-state index contributed by atoms with van der Waals surface area (Å²) in [4.78, 5) is 29.2. The Balaban J connectivity index is 1.34. The summed E-state index contributed by atoms with van der Waals surface area (Å²) in [6.45, 7) is 0.229. The van der Waals surface area contributed by atoms with Crippen LogP contribution in [-0.4, -0.2) is 45.3 Å². The topological polar surface area (TPSA) is 114 Å². The third-order valence-corrected chi connectivity index (χ3v) is 6.97. The van der Waals surface area contributed by atoms with E-state index in [1.807, 2.05) is 0 Å². The molecule has 3 heterocycles. The van der Waals surface area contributed by atoms with Crippen LogP contribution in [0.15, 0.2) is 59.9 Å². The van der Waals surface area contributed by atoms with Crippen molar-refractivity contribution >= 4 is 21.8 Å². The van der Waals surface area contributed by atoms with Crippen molar-refractivity contribution in [1.82, 2.24) is 24.4 Å². The highest BCUT2D eigenvalue weighted by Gasteiger charge is 2.48. The van der Waals surface area contributed by atoms with Crippen molar-refractivity contribution in [3.8, 4) is 5.82 Å². The SMILES string of the molecule is O=C(NCc1ccnc(-n2cccn2)c1)c1ccc2c(c1)S(=O)(=O)N(C1CC1)C2=O. The van der Waals surface area contributed by atoms with Crippen molar-refractivity contribution < 1.29 is 18.0 Å². The molecule has 9 nitrogen and oxygen atoms in total. The van der Waals surface area contributed by atoms with Gasteiger partial charge in [0.25, 0.3) is 21.8 Å². The van der Waals surface area contributed by atoms with E-state index >= 15 is 0 Å². The lowest BCUT2D eigenvalue weighted by atomic mass is 10.1. The van der Waals surface area contributed by atoms with E-state index < -0.39 is 21.8 Å². The summed E-state index contributed by atoms with van der Waals surface area (Å²) in [5, 5.41) is 6.90. The van der Waals surface area contributed by atoms with Crippen LogP contribution in [0.25, 0.3) is 5.82 Å². The number of carbonyl (C=O) groups is 2. The molecule has 10 heteroatoms. The van der Waals surface area contributed by atoms with E-state index in [0.29, 0.717) is 18.7 Å². The Morgan fingerprint density at radius 1 is 1.17 bits per heavy atom. The van der Waals surface area contributed by atoms with E-state index in [1.165, 1.54) is 18.2 Å². The minimum atomic E-state index is -3.90. The molecular weight excluding hydrogens is 406 g/mol. The molecule has 1 aromatic carbocycles. The third-order valence-electron chi connectivity index (χ3n) is 5.09. The highest BCUT2D eigenvalue weighted by molar-refractivity contribution is 7.90. The summed E-state index contributed by atoms with van der Waals surface area (Å²) in [7, 11) is -3.90. The molecule has 0 atom stereocenters. The second-order valence-electron chi connectivity index (χ2n) is 7.20. The molecule has 3 aromatic rings. The number of hydrogen-bond acceptors (Lipinski definition) is 6. The summed E-state index contributed by atoms with van der Waals surface area (Å²) in [6, 6.07) is 9.26. The van der Waals surface area contributed by atoms with Gasteiger partial charge in [0.15, 0.2) is 5.82 Å².